The van der Waals surface area contributed by atoms with Crippen molar-refractivity contribution in [3.8, 4) is 28.1 Å². The third kappa shape index (κ3) is 8.13. The summed E-state index contributed by atoms with van der Waals surface area (Å²) in [5, 5.41) is 10.2. The van der Waals surface area contributed by atoms with E-state index in [0.29, 0.717) is 43.9 Å². The molecule has 13 heteroatoms. The maximum atomic E-state index is 12.6. The number of carboxylic acid groups (broad SMARTS) is 1. The van der Waals surface area contributed by atoms with E-state index in [4.69, 9.17) is 28.2 Å². The van der Waals surface area contributed by atoms with Gasteiger partial charge in [0.05, 0.1) is 16.3 Å². The van der Waals surface area contributed by atoms with Crippen LogP contribution in [0, 0.1) is 0 Å². The van der Waals surface area contributed by atoms with Gasteiger partial charge in [-0.2, -0.15) is 13.2 Å². The molecule has 0 radical (unpaired) electrons. The second-order valence-corrected chi connectivity index (χ2v) is 12.4. The van der Waals surface area contributed by atoms with Crippen molar-refractivity contribution < 1.29 is 31.5 Å². The molecule has 4 aromatic carbocycles. The van der Waals surface area contributed by atoms with Crippen molar-refractivity contribution in [3.05, 3.63) is 124 Å². The quantitative estimate of drug-likeness (QED) is 0.163. The highest BCUT2D eigenvalue weighted by atomic mass is 35.5. The van der Waals surface area contributed by atoms with E-state index in [1.807, 2.05) is 22.9 Å². The number of nitrogens with zero attached hydrogens (tertiary/aromatic N) is 2. The zero-order chi connectivity index (χ0) is 32.4. The lowest BCUT2D eigenvalue weighted by atomic mass is 10.0. The lowest BCUT2D eigenvalue weighted by Gasteiger charge is -2.11. The first-order valence-electron chi connectivity index (χ1n) is 13.1. The number of alkyl halides is 3. The van der Waals surface area contributed by atoms with Crippen molar-refractivity contribution in [1.82, 2.24) is 9.55 Å². The minimum Gasteiger partial charge on any atom is -0.478 e. The van der Waals surface area contributed by atoms with E-state index in [1.165, 1.54) is 24.3 Å². The Morgan fingerprint density at radius 2 is 1.62 bits per heavy atom. The van der Waals surface area contributed by atoms with Crippen molar-refractivity contribution in [2.45, 2.75) is 6.18 Å². The molecule has 0 unspecified atom stereocenters. The number of hydrogen-bond acceptors (Lipinski definition) is 4. The highest BCUT2D eigenvalue weighted by Crippen LogP contribution is 2.31. The predicted octanol–water partition coefficient (Wildman–Crippen LogP) is 8.69. The third-order valence-electron chi connectivity index (χ3n) is 6.49. The van der Waals surface area contributed by atoms with Gasteiger partial charge in [-0.1, -0.05) is 65.7 Å². The average Bonchev–Trinajstić information content (AvgIpc) is 3.39. The molecule has 1 heterocycles. The number of nitrogens with one attached hydrogen (secondary N) is 1. The third-order valence-corrected chi connectivity index (χ3v) is 8.29. The van der Waals surface area contributed by atoms with E-state index in [-0.39, 0.29) is 11.3 Å². The predicted molar refractivity (Wildman–Crippen MR) is 170 cm³/mol. The number of sulfonamides is 1. The van der Waals surface area contributed by atoms with Gasteiger partial charge >= 0.3 is 12.1 Å². The van der Waals surface area contributed by atoms with E-state index in [9.17, 15) is 31.5 Å². The number of carboxylic acids is 1. The molecule has 0 saturated carbocycles. The number of aromatic carboxylic acids is 1. The number of halogens is 5. The molecule has 0 amide bonds. The van der Waals surface area contributed by atoms with Crippen LogP contribution in [-0.4, -0.2) is 41.0 Å². The van der Waals surface area contributed by atoms with Crippen LogP contribution in [0.5, 0.6) is 0 Å². The van der Waals surface area contributed by atoms with Crippen LogP contribution in [0.1, 0.15) is 21.7 Å². The first-order valence-corrected chi connectivity index (χ1v) is 15.5. The maximum absolute atomic E-state index is 12.6. The van der Waals surface area contributed by atoms with Crippen LogP contribution in [0.25, 0.3) is 40.2 Å². The van der Waals surface area contributed by atoms with E-state index < -0.39 is 27.9 Å². The Morgan fingerprint density at radius 3 is 2.27 bits per heavy atom. The minimum atomic E-state index is -4.86. The summed E-state index contributed by atoms with van der Waals surface area (Å²) >= 11 is 12.5. The van der Waals surface area contributed by atoms with Crippen molar-refractivity contribution in [1.29, 1.82) is 0 Å². The Hall–Kier alpha value is -4.58. The first kappa shape index (κ1) is 31.8. The highest BCUT2D eigenvalue weighted by molar-refractivity contribution is 7.92. The summed E-state index contributed by atoms with van der Waals surface area (Å²) in [6, 6.07) is 24.7. The standard InChI is InChI=1S/C32H22Cl2F3N3O4S/c33-24-11-14-27(28(34)17-24)29-18-40(26-12-9-22(10-13-26)31(41)42)30(38-29)15-6-20-4-7-21(8-5-20)23-2-1-3-25(16-23)39-45(43,44)19-32(35,36)37/h1-18,39H,19H2,(H,41,42). The van der Waals surface area contributed by atoms with Gasteiger partial charge in [0.15, 0.2) is 5.75 Å². The molecule has 0 aliphatic carbocycles. The van der Waals surface area contributed by atoms with Crippen molar-refractivity contribution in [3.63, 3.8) is 0 Å². The summed E-state index contributed by atoms with van der Waals surface area (Å²) in [5.74, 6) is -2.49. The molecule has 0 fully saturated rings. The molecule has 2 N–H and O–H groups in total. The van der Waals surface area contributed by atoms with Crippen molar-refractivity contribution in [2.75, 3.05) is 10.5 Å². The molecule has 230 valence electrons. The van der Waals surface area contributed by atoms with Gasteiger partial charge in [-0.25, -0.2) is 18.2 Å². The summed E-state index contributed by atoms with van der Waals surface area (Å²) in [6.07, 6.45) is 0.523. The average molecular weight is 673 g/mol. The molecule has 0 saturated heterocycles. The zero-order valence-electron chi connectivity index (χ0n) is 23.0. The van der Waals surface area contributed by atoms with Crippen LogP contribution in [-0.2, 0) is 10.0 Å². The molecule has 5 aromatic rings. The molecule has 0 atom stereocenters. The van der Waals surface area contributed by atoms with Gasteiger partial charge in [0.1, 0.15) is 5.82 Å². The summed E-state index contributed by atoms with van der Waals surface area (Å²) < 4.78 is 65.3. The largest absolute Gasteiger partial charge is 0.478 e. The summed E-state index contributed by atoms with van der Waals surface area (Å²) in [4.78, 5) is 16.1. The Labute approximate surface area is 266 Å². The normalized spacial score (nSPS) is 12.0. The monoisotopic (exact) mass is 671 g/mol. The summed E-state index contributed by atoms with van der Waals surface area (Å²) in [6.45, 7) is 0. The van der Waals surface area contributed by atoms with Crippen molar-refractivity contribution in [2.24, 2.45) is 0 Å². The number of anilines is 1. The van der Waals surface area contributed by atoms with E-state index in [1.54, 1.807) is 71.4 Å². The van der Waals surface area contributed by atoms with Crippen LogP contribution in [0.15, 0.2) is 97.2 Å². The van der Waals surface area contributed by atoms with Gasteiger partial charge in [0.25, 0.3) is 0 Å². The molecule has 1 aromatic heterocycles. The maximum Gasteiger partial charge on any atom is 0.404 e. The summed E-state index contributed by atoms with van der Waals surface area (Å²) in [7, 11) is -4.61. The molecule has 0 aliphatic heterocycles. The van der Waals surface area contributed by atoms with Gasteiger partial charge in [-0.05, 0) is 77.4 Å². The fourth-order valence-corrected chi connectivity index (χ4v) is 5.96. The Balaban J connectivity index is 1.42. The Morgan fingerprint density at radius 1 is 0.911 bits per heavy atom. The van der Waals surface area contributed by atoms with Gasteiger partial charge in [0.2, 0.25) is 10.0 Å². The molecule has 0 aliphatic rings. The second kappa shape index (κ2) is 12.8. The fourth-order valence-electron chi connectivity index (χ4n) is 4.46. The minimum absolute atomic E-state index is 0.0144. The molecular formula is C32H22Cl2F3N3O4S. The lowest BCUT2D eigenvalue weighted by Crippen LogP contribution is -2.27. The van der Waals surface area contributed by atoms with Gasteiger partial charge < -0.3 is 5.11 Å². The molecule has 45 heavy (non-hydrogen) atoms. The van der Waals surface area contributed by atoms with E-state index >= 15 is 0 Å². The first-order chi connectivity index (χ1) is 21.3. The second-order valence-electron chi connectivity index (χ2n) is 9.84. The highest BCUT2D eigenvalue weighted by Gasteiger charge is 2.35. The number of benzene rings is 4. The van der Waals surface area contributed by atoms with Gasteiger partial charge in [-0.3, -0.25) is 9.29 Å². The van der Waals surface area contributed by atoms with Crippen LogP contribution < -0.4 is 4.72 Å². The van der Waals surface area contributed by atoms with Crippen LogP contribution in [0.4, 0.5) is 18.9 Å². The molecule has 0 bridgehead atoms. The number of aromatic nitrogens is 2. The molecular weight excluding hydrogens is 650 g/mol. The smallest absolute Gasteiger partial charge is 0.404 e. The van der Waals surface area contributed by atoms with Crippen LogP contribution in [0.3, 0.4) is 0 Å². The molecule has 7 nitrogen and oxygen atoms in total. The van der Waals surface area contributed by atoms with Crippen molar-refractivity contribution >= 4 is 57.0 Å². The lowest BCUT2D eigenvalue weighted by molar-refractivity contribution is -0.106. The number of imidazole rings is 1. The van der Waals surface area contributed by atoms with Crippen LogP contribution >= 0.6 is 23.2 Å². The summed E-state index contributed by atoms with van der Waals surface area (Å²) in [5.41, 5.74) is 4.16. The molecule has 5 rings (SSSR count). The topological polar surface area (TPSA) is 101 Å². The van der Waals surface area contributed by atoms with Gasteiger partial charge in [0, 0.05) is 28.2 Å². The SMILES string of the molecule is O=C(O)c1ccc(-n2cc(-c3ccc(Cl)cc3Cl)nc2C=Cc2ccc(-c3cccc(NS(=O)(=O)CC(F)(F)F)c3)cc2)cc1. The van der Waals surface area contributed by atoms with E-state index in [0.717, 1.165) is 5.56 Å². The number of rotatable bonds is 9. The zero-order valence-corrected chi connectivity index (χ0v) is 25.3. The van der Waals surface area contributed by atoms with Crippen LogP contribution in [0.2, 0.25) is 10.0 Å². The van der Waals surface area contributed by atoms with E-state index in [2.05, 4.69) is 0 Å². The Kier molecular flexibility index (Phi) is 9.06. The number of carbonyl (C=O) groups is 1. The Bertz CT molecular complexity index is 2010. The molecule has 0 spiro atoms. The fraction of sp³-hybridized carbons (Fsp3) is 0.0625. The van der Waals surface area contributed by atoms with Gasteiger partial charge in [-0.15, -0.1) is 0 Å². The number of hydrogen-bond donors (Lipinski definition) is 2.